The first-order valence-electron chi connectivity index (χ1n) is 11.7. The Hall–Kier alpha value is -2.04. The Balaban J connectivity index is 1.19. The molecule has 4 saturated carbocycles. The zero-order valence-corrected chi connectivity index (χ0v) is 18.1. The molecule has 2 amide bonds. The second-order valence-electron chi connectivity index (χ2n) is 10.3. The van der Waals surface area contributed by atoms with Crippen molar-refractivity contribution in [3.05, 3.63) is 29.8 Å². The van der Waals surface area contributed by atoms with E-state index in [0.29, 0.717) is 31.1 Å². The van der Waals surface area contributed by atoms with Gasteiger partial charge in [-0.05, 0) is 92.4 Å². The fraction of sp³-hybridized carbons (Fsp3) is 0.680. The SMILES string of the molecule is COc1ccc(C(=O)N2CCCN(C(=O)CC34CC5CC(CC(C5)C3)C4)CC2)cc1. The van der Waals surface area contributed by atoms with E-state index in [2.05, 4.69) is 0 Å². The topological polar surface area (TPSA) is 49.9 Å². The molecule has 30 heavy (non-hydrogen) atoms. The van der Waals surface area contributed by atoms with Gasteiger partial charge in [0.1, 0.15) is 5.75 Å². The largest absolute Gasteiger partial charge is 0.497 e. The maximum absolute atomic E-state index is 13.3. The first kappa shape index (κ1) is 19.9. The summed E-state index contributed by atoms with van der Waals surface area (Å²) in [6.07, 6.45) is 9.68. The Morgan fingerprint density at radius 1 is 0.900 bits per heavy atom. The quantitative estimate of drug-likeness (QED) is 0.755. The third kappa shape index (κ3) is 3.83. The van der Waals surface area contributed by atoms with Crippen LogP contribution in [0, 0.1) is 23.2 Å². The Labute approximate surface area is 179 Å². The summed E-state index contributed by atoms with van der Waals surface area (Å²) in [5.74, 6) is 3.77. The molecule has 1 aromatic carbocycles. The van der Waals surface area contributed by atoms with Crippen LogP contribution in [0.1, 0.15) is 61.7 Å². The van der Waals surface area contributed by atoms with Gasteiger partial charge in [-0.25, -0.2) is 0 Å². The third-order valence-corrected chi connectivity index (χ3v) is 8.16. The Kier molecular flexibility index (Phi) is 5.24. The third-order valence-electron chi connectivity index (χ3n) is 8.16. The van der Waals surface area contributed by atoms with E-state index in [-0.39, 0.29) is 11.3 Å². The number of nitrogens with zero attached hydrogens (tertiary/aromatic N) is 2. The van der Waals surface area contributed by atoms with E-state index in [1.165, 1.54) is 38.5 Å². The molecule has 5 heteroatoms. The van der Waals surface area contributed by atoms with Crippen LogP contribution in [-0.2, 0) is 4.79 Å². The van der Waals surface area contributed by atoms with Gasteiger partial charge in [0.05, 0.1) is 7.11 Å². The van der Waals surface area contributed by atoms with Crippen LogP contribution < -0.4 is 4.74 Å². The fourth-order valence-corrected chi connectivity index (χ4v) is 7.23. The molecule has 5 fully saturated rings. The van der Waals surface area contributed by atoms with Crippen LogP contribution in [-0.4, -0.2) is 54.9 Å². The molecule has 5 nitrogen and oxygen atoms in total. The highest BCUT2D eigenvalue weighted by Crippen LogP contribution is 2.61. The minimum absolute atomic E-state index is 0.0491. The van der Waals surface area contributed by atoms with Crippen LogP contribution in [0.5, 0.6) is 5.75 Å². The van der Waals surface area contributed by atoms with Gasteiger partial charge in [-0.1, -0.05) is 0 Å². The number of ether oxygens (including phenoxy) is 1. The number of carbonyl (C=O) groups excluding carboxylic acids is 2. The van der Waals surface area contributed by atoms with Crippen LogP contribution >= 0.6 is 0 Å². The van der Waals surface area contributed by atoms with Crippen molar-refractivity contribution in [3.63, 3.8) is 0 Å². The molecule has 0 radical (unpaired) electrons. The number of amides is 2. The lowest BCUT2D eigenvalue weighted by molar-refractivity contribution is -0.139. The van der Waals surface area contributed by atoms with Gasteiger partial charge < -0.3 is 14.5 Å². The number of rotatable bonds is 4. The molecule has 162 valence electrons. The van der Waals surface area contributed by atoms with E-state index in [9.17, 15) is 9.59 Å². The zero-order chi connectivity index (χ0) is 20.7. The normalized spacial score (nSPS) is 32.8. The van der Waals surface area contributed by atoms with Crippen molar-refractivity contribution >= 4 is 11.8 Å². The first-order chi connectivity index (χ1) is 14.5. The van der Waals surface area contributed by atoms with Crippen LogP contribution in [0.3, 0.4) is 0 Å². The maximum atomic E-state index is 13.3. The highest BCUT2D eigenvalue weighted by atomic mass is 16.5. The molecule has 0 aromatic heterocycles. The molecule has 1 heterocycles. The van der Waals surface area contributed by atoms with Crippen molar-refractivity contribution in [1.29, 1.82) is 0 Å². The summed E-state index contributed by atoms with van der Waals surface area (Å²) in [6.45, 7) is 2.77. The summed E-state index contributed by atoms with van der Waals surface area (Å²) in [6, 6.07) is 7.29. The summed E-state index contributed by atoms with van der Waals surface area (Å²) in [7, 11) is 1.63. The molecule has 4 bridgehead atoms. The van der Waals surface area contributed by atoms with Gasteiger partial charge in [0.2, 0.25) is 5.91 Å². The minimum Gasteiger partial charge on any atom is -0.497 e. The molecule has 4 aliphatic carbocycles. The molecular formula is C25H34N2O3. The molecule has 1 aliphatic heterocycles. The predicted molar refractivity (Wildman–Crippen MR) is 115 cm³/mol. The van der Waals surface area contributed by atoms with Crippen molar-refractivity contribution in [1.82, 2.24) is 9.80 Å². The lowest BCUT2D eigenvalue weighted by Gasteiger charge is -2.57. The minimum atomic E-state index is 0.0491. The number of methoxy groups -OCH3 is 1. The number of hydrogen-bond donors (Lipinski definition) is 0. The van der Waals surface area contributed by atoms with E-state index < -0.39 is 0 Å². The van der Waals surface area contributed by atoms with E-state index in [1.54, 1.807) is 7.11 Å². The second-order valence-corrected chi connectivity index (χ2v) is 10.3. The van der Waals surface area contributed by atoms with Crippen molar-refractivity contribution < 1.29 is 14.3 Å². The average Bonchev–Trinajstić information content (AvgIpc) is 2.98. The fourth-order valence-electron chi connectivity index (χ4n) is 7.23. The van der Waals surface area contributed by atoms with Crippen molar-refractivity contribution in [2.75, 3.05) is 33.3 Å². The van der Waals surface area contributed by atoms with Gasteiger partial charge in [0.15, 0.2) is 0 Å². The van der Waals surface area contributed by atoms with Gasteiger partial charge in [-0.3, -0.25) is 9.59 Å². The van der Waals surface area contributed by atoms with Crippen molar-refractivity contribution in [2.24, 2.45) is 23.2 Å². The summed E-state index contributed by atoms with van der Waals surface area (Å²) in [5.41, 5.74) is 0.973. The summed E-state index contributed by atoms with van der Waals surface area (Å²) >= 11 is 0. The monoisotopic (exact) mass is 410 g/mol. The molecule has 1 aromatic rings. The van der Waals surface area contributed by atoms with Crippen LogP contribution in [0.2, 0.25) is 0 Å². The van der Waals surface area contributed by atoms with Crippen LogP contribution in [0.25, 0.3) is 0 Å². The molecule has 0 N–H and O–H groups in total. The smallest absolute Gasteiger partial charge is 0.253 e. The van der Waals surface area contributed by atoms with E-state index in [4.69, 9.17) is 4.74 Å². The highest BCUT2D eigenvalue weighted by molar-refractivity contribution is 5.94. The number of hydrogen-bond acceptors (Lipinski definition) is 3. The number of benzene rings is 1. The molecule has 0 spiro atoms. The van der Waals surface area contributed by atoms with Crippen LogP contribution in [0.4, 0.5) is 0 Å². The van der Waals surface area contributed by atoms with Crippen molar-refractivity contribution in [2.45, 2.75) is 51.4 Å². The lowest BCUT2D eigenvalue weighted by Crippen LogP contribution is -2.48. The second kappa shape index (κ2) is 7.90. The highest BCUT2D eigenvalue weighted by Gasteiger charge is 2.51. The molecule has 5 aliphatic rings. The standard InChI is InChI=1S/C25H34N2O3/c1-30-22-5-3-21(4-6-22)24(29)27-8-2-7-26(9-10-27)23(28)17-25-14-18-11-19(15-25)13-20(12-18)16-25/h3-6,18-20H,2,7-17H2,1H3. The van der Waals surface area contributed by atoms with Gasteiger partial charge in [-0.2, -0.15) is 0 Å². The van der Waals surface area contributed by atoms with E-state index in [0.717, 1.165) is 42.9 Å². The van der Waals surface area contributed by atoms with Gasteiger partial charge in [-0.15, -0.1) is 0 Å². The summed E-state index contributed by atoms with van der Waals surface area (Å²) in [5, 5.41) is 0. The Bertz CT molecular complexity index is 768. The molecule has 6 rings (SSSR count). The maximum Gasteiger partial charge on any atom is 0.253 e. The van der Waals surface area contributed by atoms with Gasteiger partial charge >= 0.3 is 0 Å². The first-order valence-corrected chi connectivity index (χ1v) is 11.7. The molecule has 1 saturated heterocycles. The number of carbonyl (C=O) groups is 2. The Morgan fingerprint density at radius 2 is 1.47 bits per heavy atom. The molecule has 0 atom stereocenters. The van der Waals surface area contributed by atoms with E-state index in [1.807, 2.05) is 34.1 Å². The van der Waals surface area contributed by atoms with Crippen LogP contribution in [0.15, 0.2) is 24.3 Å². The zero-order valence-electron chi connectivity index (χ0n) is 18.1. The van der Waals surface area contributed by atoms with Gasteiger partial charge in [0.25, 0.3) is 5.91 Å². The predicted octanol–water partition coefficient (Wildman–Crippen LogP) is 3.98. The molecular weight excluding hydrogens is 376 g/mol. The summed E-state index contributed by atoms with van der Waals surface area (Å²) in [4.78, 5) is 30.1. The van der Waals surface area contributed by atoms with E-state index >= 15 is 0 Å². The lowest BCUT2D eigenvalue weighted by atomic mass is 9.49. The van der Waals surface area contributed by atoms with Gasteiger partial charge in [0, 0.05) is 38.2 Å². The van der Waals surface area contributed by atoms with Crippen molar-refractivity contribution in [3.8, 4) is 5.75 Å². The average molecular weight is 411 g/mol. The molecule has 0 unspecified atom stereocenters. The summed E-state index contributed by atoms with van der Waals surface area (Å²) < 4.78 is 5.19. The Morgan fingerprint density at radius 3 is 2.07 bits per heavy atom.